The van der Waals surface area contributed by atoms with E-state index in [1.54, 1.807) is 4.68 Å². The van der Waals surface area contributed by atoms with Crippen LogP contribution in [0.1, 0.15) is 30.3 Å². The van der Waals surface area contributed by atoms with Crippen molar-refractivity contribution in [3.63, 3.8) is 0 Å². The summed E-state index contributed by atoms with van der Waals surface area (Å²) in [6, 6.07) is 12.1. The van der Waals surface area contributed by atoms with Gasteiger partial charge in [0.2, 0.25) is 0 Å². The van der Waals surface area contributed by atoms with Gasteiger partial charge in [0.05, 0.1) is 5.69 Å². The minimum absolute atomic E-state index is 0.162. The Morgan fingerprint density at radius 2 is 2.00 bits per heavy atom. The summed E-state index contributed by atoms with van der Waals surface area (Å²) in [5.41, 5.74) is 6.65. The standard InChI is InChI=1S/C17H22N4O/c1-4-16(11-15-8-6-5-7-9-15)18-19-17(22)12-21-14(3)10-13(2)20-21/h5-10H,4,11-12H2,1-3H3,(H,19,22)/b18-16-. The van der Waals surface area contributed by atoms with Crippen LogP contribution in [-0.4, -0.2) is 21.4 Å². The van der Waals surface area contributed by atoms with Gasteiger partial charge in [-0.25, -0.2) is 5.43 Å². The quantitative estimate of drug-likeness (QED) is 0.658. The van der Waals surface area contributed by atoms with Crippen molar-refractivity contribution in [1.82, 2.24) is 15.2 Å². The molecule has 0 bridgehead atoms. The zero-order valence-corrected chi connectivity index (χ0v) is 13.3. The molecule has 0 unspecified atom stereocenters. The van der Waals surface area contributed by atoms with Crippen LogP contribution in [0, 0.1) is 13.8 Å². The van der Waals surface area contributed by atoms with Gasteiger partial charge in [0.1, 0.15) is 6.54 Å². The maximum Gasteiger partial charge on any atom is 0.261 e. The van der Waals surface area contributed by atoms with E-state index in [1.165, 1.54) is 5.56 Å². The van der Waals surface area contributed by atoms with Gasteiger partial charge in [0.25, 0.3) is 5.91 Å². The Morgan fingerprint density at radius 3 is 2.59 bits per heavy atom. The molecule has 5 nitrogen and oxygen atoms in total. The van der Waals surface area contributed by atoms with Crippen molar-refractivity contribution < 1.29 is 4.79 Å². The number of hydrogen-bond acceptors (Lipinski definition) is 3. The van der Waals surface area contributed by atoms with Gasteiger partial charge >= 0.3 is 0 Å². The average Bonchev–Trinajstić information content (AvgIpc) is 2.82. The van der Waals surface area contributed by atoms with Crippen LogP contribution in [0.5, 0.6) is 0 Å². The summed E-state index contributed by atoms with van der Waals surface area (Å²) in [6.07, 6.45) is 1.55. The number of nitrogens with one attached hydrogen (secondary N) is 1. The number of carbonyl (C=O) groups excluding carboxylic acids is 1. The van der Waals surface area contributed by atoms with Gasteiger partial charge in [-0.15, -0.1) is 0 Å². The van der Waals surface area contributed by atoms with Gasteiger partial charge in [-0.3, -0.25) is 9.48 Å². The number of hydrogen-bond donors (Lipinski definition) is 1. The molecule has 0 saturated heterocycles. The van der Waals surface area contributed by atoms with Crippen LogP contribution >= 0.6 is 0 Å². The van der Waals surface area contributed by atoms with E-state index in [2.05, 4.69) is 27.8 Å². The molecule has 0 radical (unpaired) electrons. The van der Waals surface area contributed by atoms with E-state index < -0.39 is 0 Å². The van der Waals surface area contributed by atoms with E-state index in [4.69, 9.17) is 0 Å². The maximum absolute atomic E-state index is 12.0. The molecule has 1 N–H and O–H groups in total. The van der Waals surface area contributed by atoms with E-state index >= 15 is 0 Å². The van der Waals surface area contributed by atoms with E-state index in [1.807, 2.05) is 45.0 Å². The molecule has 0 atom stereocenters. The predicted octanol–water partition coefficient (Wildman–Crippen LogP) is 2.62. The molecule has 0 saturated carbocycles. The van der Waals surface area contributed by atoms with E-state index in [9.17, 15) is 4.79 Å². The van der Waals surface area contributed by atoms with Crippen LogP contribution < -0.4 is 5.43 Å². The smallest absolute Gasteiger partial charge is 0.261 e. The van der Waals surface area contributed by atoms with Crippen LogP contribution in [0.3, 0.4) is 0 Å². The zero-order valence-electron chi connectivity index (χ0n) is 13.3. The molecule has 0 aliphatic rings. The normalized spacial score (nSPS) is 11.5. The molecule has 0 spiro atoms. The third kappa shape index (κ3) is 4.55. The molecular formula is C17H22N4O. The number of amides is 1. The maximum atomic E-state index is 12.0. The molecular weight excluding hydrogens is 276 g/mol. The minimum atomic E-state index is -0.162. The lowest BCUT2D eigenvalue weighted by Gasteiger charge is -2.06. The Labute approximate surface area is 131 Å². The van der Waals surface area contributed by atoms with Crippen LogP contribution in [-0.2, 0) is 17.8 Å². The first-order valence-corrected chi connectivity index (χ1v) is 7.47. The molecule has 0 fully saturated rings. The van der Waals surface area contributed by atoms with Gasteiger partial charge in [-0.1, -0.05) is 37.3 Å². The first-order chi connectivity index (χ1) is 10.6. The molecule has 116 valence electrons. The SMILES string of the molecule is CC/C(Cc1ccccc1)=N/NC(=O)Cn1nc(C)cc1C. The number of benzene rings is 1. The van der Waals surface area contributed by atoms with Crippen molar-refractivity contribution >= 4 is 11.6 Å². The van der Waals surface area contributed by atoms with Crippen LogP contribution in [0.25, 0.3) is 0 Å². The van der Waals surface area contributed by atoms with E-state index in [-0.39, 0.29) is 12.5 Å². The van der Waals surface area contributed by atoms with Crippen molar-refractivity contribution in [2.24, 2.45) is 5.10 Å². The van der Waals surface area contributed by atoms with Crippen molar-refractivity contribution in [3.05, 3.63) is 53.3 Å². The van der Waals surface area contributed by atoms with Crippen molar-refractivity contribution in [1.29, 1.82) is 0 Å². The lowest BCUT2D eigenvalue weighted by atomic mass is 10.1. The molecule has 1 aromatic carbocycles. The molecule has 2 aromatic rings. The third-order valence-corrected chi connectivity index (χ3v) is 3.39. The highest BCUT2D eigenvalue weighted by atomic mass is 16.2. The Balaban J connectivity index is 1.93. The Morgan fingerprint density at radius 1 is 1.27 bits per heavy atom. The molecule has 1 aromatic heterocycles. The first kappa shape index (κ1) is 15.9. The highest BCUT2D eigenvalue weighted by Gasteiger charge is 2.07. The predicted molar refractivity (Wildman–Crippen MR) is 87.7 cm³/mol. The third-order valence-electron chi connectivity index (χ3n) is 3.39. The average molecular weight is 298 g/mol. The second-order valence-electron chi connectivity index (χ2n) is 5.31. The summed E-state index contributed by atoms with van der Waals surface area (Å²) in [4.78, 5) is 12.0. The monoisotopic (exact) mass is 298 g/mol. The topological polar surface area (TPSA) is 59.3 Å². The summed E-state index contributed by atoms with van der Waals surface area (Å²) < 4.78 is 1.68. The highest BCUT2D eigenvalue weighted by molar-refractivity contribution is 5.87. The second-order valence-corrected chi connectivity index (χ2v) is 5.31. The van der Waals surface area contributed by atoms with Crippen molar-refractivity contribution in [3.8, 4) is 0 Å². The Hall–Kier alpha value is -2.43. The van der Waals surface area contributed by atoms with Gasteiger partial charge in [0.15, 0.2) is 0 Å². The number of nitrogens with zero attached hydrogens (tertiary/aromatic N) is 3. The highest BCUT2D eigenvalue weighted by Crippen LogP contribution is 2.03. The van der Waals surface area contributed by atoms with Crippen molar-refractivity contribution in [2.75, 3.05) is 0 Å². The molecule has 5 heteroatoms. The Kier molecular flexibility index (Phi) is 5.47. The minimum Gasteiger partial charge on any atom is -0.271 e. The van der Waals surface area contributed by atoms with E-state index in [0.29, 0.717) is 0 Å². The first-order valence-electron chi connectivity index (χ1n) is 7.47. The fourth-order valence-electron chi connectivity index (χ4n) is 2.22. The summed E-state index contributed by atoms with van der Waals surface area (Å²) in [6.45, 7) is 6.07. The van der Waals surface area contributed by atoms with Crippen LogP contribution in [0.15, 0.2) is 41.5 Å². The fraction of sp³-hybridized carbons (Fsp3) is 0.353. The molecule has 0 aliphatic carbocycles. The fourth-order valence-corrected chi connectivity index (χ4v) is 2.22. The largest absolute Gasteiger partial charge is 0.271 e. The van der Waals surface area contributed by atoms with Crippen LogP contribution in [0.4, 0.5) is 0 Å². The van der Waals surface area contributed by atoms with Crippen molar-refractivity contribution in [2.45, 2.75) is 40.2 Å². The second kappa shape index (κ2) is 7.54. The Bertz CT molecular complexity index is 659. The van der Waals surface area contributed by atoms with E-state index in [0.717, 1.165) is 29.9 Å². The molecule has 22 heavy (non-hydrogen) atoms. The number of aryl methyl sites for hydroxylation is 2. The number of carbonyl (C=O) groups is 1. The molecule has 2 rings (SSSR count). The zero-order chi connectivity index (χ0) is 15.9. The summed E-state index contributed by atoms with van der Waals surface area (Å²) in [5.74, 6) is -0.162. The van der Waals surface area contributed by atoms with Gasteiger partial charge in [-0.2, -0.15) is 10.2 Å². The lowest BCUT2D eigenvalue weighted by Crippen LogP contribution is -2.25. The number of aromatic nitrogens is 2. The summed E-state index contributed by atoms with van der Waals surface area (Å²) >= 11 is 0. The number of rotatable bonds is 6. The molecule has 0 aliphatic heterocycles. The summed E-state index contributed by atoms with van der Waals surface area (Å²) in [5, 5.41) is 8.52. The summed E-state index contributed by atoms with van der Waals surface area (Å²) in [7, 11) is 0. The van der Waals surface area contributed by atoms with Gasteiger partial charge < -0.3 is 0 Å². The van der Waals surface area contributed by atoms with Gasteiger partial charge in [0, 0.05) is 17.8 Å². The molecule has 1 amide bonds. The molecule has 1 heterocycles. The number of hydrazone groups is 1. The lowest BCUT2D eigenvalue weighted by molar-refractivity contribution is -0.121. The van der Waals surface area contributed by atoms with Crippen LogP contribution in [0.2, 0.25) is 0 Å². The van der Waals surface area contributed by atoms with Gasteiger partial charge in [-0.05, 0) is 31.9 Å².